The lowest BCUT2D eigenvalue weighted by atomic mass is 9.88. The van der Waals surface area contributed by atoms with Crippen molar-refractivity contribution in [2.75, 3.05) is 6.61 Å². The summed E-state index contributed by atoms with van der Waals surface area (Å²) in [6, 6.07) is 0. The van der Waals surface area contributed by atoms with Crippen molar-refractivity contribution in [2.24, 2.45) is 17.8 Å². The molecule has 0 aromatic heterocycles. The highest BCUT2D eigenvalue weighted by Gasteiger charge is 2.39. The van der Waals surface area contributed by atoms with Gasteiger partial charge in [-0.25, -0.2) is 0 Å². The van der Waals surface area contributed by atoms with E-state index in [-0.39, 0.29) is 30.6 Å². The molecule has 0 amide bonds. The summed E-state index contributed by atoms with van der Waals surface area (Å²) >= 11 is 0. The van der Waals surface area contributed by atoms with Crippen LogP contribution in [0, 0.1) is 17.8 Å². The molecule has 0 aromatic carbocycles. The summed E-state index contributed by atoms with van der Waals surface area (Å²) in [6.45, 7) is 4.54. The Hall–Kier alpha value is -0.710. The first-order chi connectivity index (χ1) is 12.0. The van der Waals surface area contributed by atoms with Crippen LogP contribution in [0.4, 0.5) is 0 Å². The van der Waals surface area contributed by atoms with E-state index in [2.05, 4.69) is 13.8 Å². The molecular formula is C21H38O4. The Morgan fingerprint density at radius 1 is 1.20 bits per heavy atom. The molecule has 0 aliphatic heterocycles. The number of unbranched alkanes of at least 4 members (excludes halogenated alkanes) is 4. The highest BCUT2D eigenvalue weighted by Crippen LogP contribution is 2.34. The molecule has 25 heavy (non-hydrogen) atoms. The van der Waals surface area contributed by atoms with Gasteiger partial charge in [0.05, 0.1) is 12.2 Å². The van der Waals surface area contributed by atoms with Crippen molar-refractivity contribution in [1.29, 1.82) is 0 Å². The first-order valence-electron chi connectivity index (χ1n) is 10.2. The van der Waals surface area contributed by atoms with Gasteiger partial charge in [0.2, 0.25) is 0 Å². The Bertz CT molecular complexity index is 393. The number of aliphatic hydroxyl groups is 3. The van der Waals surface area contributed by atoms with E-state index >= 15 is 0 Å². The van der Waals surface area contributed by atoms with E-state index in [0.29, 0.717) is 5.92 Å². The molecule has 1 aliphatic carbocycles. The van der Waals surface area contributed by atoms with Crippen LogP contribution in [0.15, 0.2) is 12.2 Å². The molecule has 0 saturated heterocycles. The minimum absolute atomic E-state index is 0.107. The van der Waals surface area contributed by atoms with Gasteiger partial charge in [-0.3, -0.25) is 4.79 Å². The number of hydrogen-bond donors (Lipinski definition) is 3. The summed E-state index contributed by atoms with van der Waals surface area (Å²) in [5.74, 6) is 0.381. The zero-order chi connectivity index (χ0) is 18.7. The van der Waals surface area contributed by atoms with E-state index in [1.165, 1.54) is 0 Å². The number of hydrogen-bond acceptors (Lipinski definition) is 4. The number of carbonyl (C=O) groups is 1. The van der Waals surface area contributed by atoms with Gasteiger partial charge in [0, 0.05) is 24.9 Å². The van der Waals surface area contributed by atoms with E-state index in [1.54, 1.807) is 6.08 Å². The zero-order valence-corrected chi connectivity index (χ0v) is 16.1. The van der Waals surface area contributed by atoms with E-state index in [9.17, 15) is 15.0 Å². The van der Waals surface area contributed by atoms with E-state index in [4.69, 9.17) is 5.11 Å². The molecule has 3 N–H and O–H groups in total. The van der Waals surface area contributed by atoms with Crippen molar-refractivity contribution in [1.82, 2.24) is 0 Å². The first-order valence-corrected chi connectivity index (χ1v) is 10.2. The molecule has 0 heterocycles. The van der Waals surface area contributed by atoms with Crippen molar-refractivity contribution in [2.45, 2.75) is 90.3 Å². The molecule has 146 valence electrons. The summed E-state index contributed by atoms with van der Waals surface area (Å²) in [7, 11) is 0. The van der Waals surface area contributed by atoms with Gasteiger partial charge in [0.1, 0.15) is 5.78 Å². The predicted molar refractivity (Wildman–Crippen MR) is 101 cm³/mol. The average Bonchev–Trinajstić information content (AvgIpc) is 2.82. The van der Waals surface area contributed by atoms with Crippen LogP contribution < -0.4 is 0 Å². The van der Waals surface area contributed by atoms with Gasteiger partial charge < -0.3 is 15.3 Å². The van der Waals surface area contributed by atoms with Crippen LogP contribution in [-0.2, 0) is 4.79 Å². The summed E-state index contributed by atoms with van der Waals surface area (Å²) in [6.07, 6.45) is 11.6. The third-order valence-electron chi connectivity index (χ3n) is 5.39. The molecule has 4 nitrogen and oxygen atoms in total. The van der Waals surface area contributed by atoms with E-state index in [1.807, 2.05) is 6.08 Å². The van der Waals surface area contributed by atoms with Gasteiger partial charge in [-0.1, -0.05) is 64.5 Å². The van der Waals surface area contributed by atoms with Crippen molar-refractivity contribution < 1.29 is 20.1 Å². The summed E-state index contributed by atoms with van der Waals surface area (Å²) in [4.78, 5) is 12.2. The Morgan fingerprint density at radius 2 is 1.88 bits per heavy atom. The van der Waals surface area contributed by atoms with Crippen molar-refractivity contribution in [3.63, 3.8) is 0 Å². The lowest BCUT2D eigenvalue weighted by molar-refractivity contribution is -0.121. The first kappa shape index (κ1) is 22.3. The van der Waals surface area contributed by atoms with Gasteiger partial charge in [0.25, 0.3) is 0 Å². The number of Topliss-reactive ketones (excluding diaryl/α,β-unsaturated/α-hetero) is 1. The third kappa shape index (κ3) is 8.48. The maximum atomic E-state index is 12.2. The van der Waals surface area contributed by atoms with Crippen molar-refractivity contribution >= 4 is 5.78 Å². The van der Waals surface area contributed by atoms with Crippen LogP contribution in [-0.4, -0.2) is 39.9 Å². The summed E-state index contributed by atoms with van der Waals surface area (Å²) in [5, 5.41) is 29.1. The maximum absolute atomic E-state index is 12.2. The SMILES string of the molecule is CCCC(C)CC(O)/C=C/[C@H]1[C@H](O)CC(=O)[C@@H]1CCCCCCCO. The number of carbonyl (C=O) groups excluding carboxylic acids is 1. The predicted octanol–water partition coefficient (Wildman–Crippen LogP) is 3.63. The zero-order valence-electron chi connectivity index (χ0n) is 16.1. The minimum Gasteiger partial charge on any atom is -0.396 e. The fraction of sp³-hybridized carbons (Fsp3) is 0.857. The Labute approximate surface area is 153 Å². The number of ketones is 1. The average molecular weight is 355 g/mol. The Kier molecular flexibility index (Phi) is 11.3. The van der Waals surface area contributed by atoms with Crippen LogP contribution in [0.25, 0.3) is 0 Å². The number of aliphatic hydroxyl groups excluding tert-OH is 3. The van der Waals surface area contributed by atoms with E-state index in [0.717, 1.165) is 57.8 Å². The topological polar surface area (TPSA) is 77.8 Å². The largest absolute Gasteiger partial charge is 0.396 e. The second-order valence-electron chi connectivity index (χ2n) is 7.78. The summed E-state index contributed by atoms with van der Waals surface area (Å²) < 4.78 is 0. The molecule has 0 bridgehead atoms. The molecular weight excluding hydrogens is 316 g/mol. The number of rotatable bonds is 13. The minimum atomic E-state index is -0.608. The van der Waals surface area contributed by atoms with Crippen molar-refractivity contribution in [3.8, 4) is 0 Å². The maximum Gasteiger partial charge on any atom is 0.139 e. The molecule has 2 unspecified atom stereocenters. The Balaban J connectivity index is 2.45. The van der Waals surface area contributed by atoms with E-state index < -0.39 is 12.2 Å². The Morgan fingerprint density at radius 3 is 2.56 bits per heavy atom. The van der Waals surface area contributed by atoms with Crippen LogP contribution in [0.1, 0.15) is 78.1 Å². The normalized spacial score (nSPS) is 26.4. The molecule has 5 atom stereocenters. The molecule has 0 aromatic rings. The molecule has 1 rings (SSSR count). The second kappa shape index (κ2) is 12.6. The van der Waals surface area contributed by atoms with Gasteiger partial charge in [-0.05, 0) is 25.2 Å². The lowest BCUT2D eigenvalue weighted by Gasteiger charge is -2.18. The standard InChI is InChI=1S/C21H38O4/c1-3-9-16(2)14-17(23)11-12-19-18(20(24)15-21(19)25)10-7-5-4-6-8-13-22/h11-12,16-19,21-23,25H,3-10,13-15H2,1-2H3/b12-11+/t16?,17?,18-,19-,21-/m1/s1. The van der Waals surface area contributed by atoms with Gasteiger partial charge >= 0.3 is 0 Å². The monoisotopic (exact) mass is 354 g/mol. The molecule has 4 heteroatoms. The van der Waals surface area contributed by atoms with Crippen LogP contribution in [0.2, 0.25) is 0 Å². The smallest absolute Gasteiger partial charge is 0.139 e. The summed E-state index contributed by atoms with van der Waals surface area (Å²) in [5.41, 5.74) is 0. The van der Waals surface area contributed by atoms with Gasteiger partial charge in [-0.15, -0.1) is 0 Å². The third-order valence-corrected chi connectivity index (χ3v) is 5.39. The lowest BCUT2D eigenvalue weighted by Crippen LogP contribution is -2.19. The molecule has 0 spiro atoms. The quantitative estimate of drug-likeness (QED) is 0.349. The molecule has 1 fully saturated rings. The fourth-order valence-corrected chi connectivity index (χ4v) is 3.96. The van der Waals surface area contributed by atoms with Crippen LogP contribution in [0.5, 0.6) is 0 Å². The molecule has 0 radical (unpaired) electrons. The van der Waals surface area contributed by atoms with Crippen LogP contribution in [0.3, 0.4) is 0 Å². The molecule has 1 saturated carbocycles. The van der Waals surface area contributed by atoms with Gasteiger partial charge in [-0.2, -0.15) is 0 Å². The molecule has 1 aliphatic rings. The van der Waals surface area contributed by atoms with Gasteiger partial charge in [0.15, 0.2) is 0 Å². The fourth-order valence-electron chi connectivity index (χ4n) is 3.96. The van der Waals surface area contributed by atoms with Crippen molar-refractivity contribution in [3.05, 3.63) is 12.2 Å². The second-order valence-corrected chi connectivity index (χ2v) is 7.78. The highest BCUT2D eigenvalue weighted by atomic mass is 16.3. The van der Waals surface area contributed by atoms with Crippen LogP contribution >= 0.6 is 0 Å². The highest BCUT2D eigenvalue weighted by molar-refractivity contribution is 5.84.